The second kappa shape index (κ2) is 7.86. The number of pyridine rings is 1. The highest BCUT2D eigenvalue weighted by Gasteiger charge is 2.22. The minimum absolute atomic E-state index is 0.0660. The molecule has 9 nitrogen and oxygen atoms in total. The van der Waals surface area contributed by atoms with Crippen LogP contribution in [0.4, 0.5) is 5.82 Å². The smallest absolute Gasteiger partial charge is 0.267 e. The molecular formula is C20H23N7O2. The van der Waals surface area contributed by atoms with E-state index in [1.807, 2.05) is 32.0 Å². The quantitative estimate of drug-likeness (QED) is 0.703. The standard InChI is InChI=1S/C20H23N7O2/c1-13-11-14(2)27(25-13)19-4-3-18(23-24-19)26-9-6-15(7-10-26)29-16-5-8-22-17(12-16)20(21)28/h3-5,8,11-12,15H,6-7,9-10H2,1-2H3,(H2,21,28). The summed E-state index contributed by atoms with van der Waals surface area (Å²) >= 11 is 0. The number of rotatable bonds is 5. The van der Waals surface area contributed by atoms with E-state index in [0.29, 0.717) is 11.6 Å². The van der Waals surface area contributed by atoms with Gasteiger partial charge in [-0.15, -0.1) is 10.2 Å². The molecule has 0 aromatic carbocycles. The lowest BCUT2D eigenvalue weighted by Gasteiger charge is -2.32. The molecule has 1 saturated heterocycles. The molecular weight excluding hydrogens is 370 g/mol. The molecule has 1 amide bonds. The lowest BCUT2D eigenvalue weighted by atomic mass is 10.1. The van der Waals surface area contributed by atoms with Crippen molar-refractivity contribution in [2.24, 2.45) is 5.73 Å². The van der Waals surface area contributed by atoms with Crippen molar-refractivity contribution in [3.05, 3.63) is 53.6 Å². The fourth-order valence-corrected chi connectivity index (χ4v) is 3.48. The van der Waals surface area contributed by atoms with E-state index in [9.17, 15) is 4.79 Å². The Hall–Kier alpha value is -3.49. The van der Waals surface area contributed by atoms with Gasteiger partial charge in [-0.3, -0.25) is 9.78 Å². The Morgan fingerprint density at radius 1 is 1.10 bits per heavy atom. The van der Waals surface area contributed by atoms with E-state index < -0.39 is 5.91 Å². The monoisotopic (exact) mass is 393 g/mol. The predicted molar refractivity (Wildman–Crippen MR) is 107 cm³/mol. The summed E-state index contributed by atoms with van der Waals surface area (Å²) in [7, 11) is 0. The SMILES string of the molecule is Cc1cc(C)n(-c2ccc(N3CCC(Oc4ccnc(C(N)=O)c4)CC3)nn2)n1. The van der Waals surface area contributed by atoms with Crippen LogP contribution in [0.1, 0.15) is 34.7 Å². The molecule has 0 spiro atoms. The van der Waals surface area contributed by atoms with Crippen molar-refractivity contribution in [3.8, 4) is 11.6 Å². The Balaban J connectivity index is 1.36. The molecule has 0 unspecified atom stereocenters. The second-order valence-corrected chi connectivity index (χ2v) is 7.13. The van der Waals surface area contributed by atoms with Crippen molar-refractivity contribution in [3.63, 3.8) is 0 Å². The van der Waals surface area contributed by atoms with Crippen LogP contribution in [0.5, 0.6) is 5.75 Å². The van der Waals surface area contributed by atoms with Crippen LogP contribution in [-0.4, -0.2) is 50.1 Å². The number of nitrogens with two attached hydrogens (primary N) is 1. The van der Waals surface area contributed by atoms with Gasteiger partial charge < -0.3 is 15.4 Å². The maximum Gasteiger partial charge on any atom is 0.267 e. The van der Waals surface area contributed by atoms with Gasteiger partial charge in [0.25, 0.3) is 5.91 Å². The number of anilines is 1. The average molecular weight is 393 g/mol. The lowest BCUT2D eigenvalue weighted by molar-refractivity contribution is 0.0994. The van der Waals surface area contributed by atoms with Gasteiger partial charge >= 0.3 is 0 Å². The topological polar surface area (TPSA) is 112 Å². The first-order chi connectivity index (χ1) is 14.0. The number of carbonyl (C=O) groups is 1. The van der Waals surface area contributed by atoms with E-state index >= 15 is 0 Å². The number of hydrogen-bond acceptors (Lipinski definition) is 7. The number of carbonyl (C=O) groups excluding carboxylic acids is 1. The van der Waals surface area contributed by atoms with Gasteiger partial charge in [0.15, 0.2) is 11.6 Å². The molecule has 0 saturated carbocycles. The Morgan fingerprint density at radius 2 is 1.83 bits per heavy atom. The summed E-state index contributed by atoms with van der Waals surface area (Å²) in [5.74, 6) is 1.60. The zero-order valence-electron chi connectivity index (χ0n) is 16.4. The molecule has 1 fully saturated rings. The van der Waals surface area contributed by atoms with E-state index in [1.165, 1.54) is 6.20 Å². The molecule has 3 aromatic heterocycles. The predicted octanol–water partition coefficient (Wildman–Crippen LogP) is 1.82. The number of hydrogen-bond donors (Lipinski definition) is 1. The molecule has 29 heavy (non-hydrogen) atoms. The molecule has 2 N–H and O–H groups in total. The molecule has 1 aliphatic rings. The van der Waals surface area contributed by atoms with E-state index in [1.54, 1.807) is 16.8 Å². The number of piperidine rings is 1. The van der Waals surface area contributed by atoms with Crippen LogP contribution in [-0.2, 0) is 0 Å². The van der Waals surface area contributed by atoms with Crippen molar-refractivity contribution >= 4 is 11.7 Å². The summed E-state index contributed by atoms with van der Waals surface area (Å²) in [5, 5.41) is 13.2. The fourth-order valence-electron chi connectivity index (χ4n) is 3.48. The third kappa shape index (κ3) is 4.18. The van der Waals surface area contributed by atoms with E-state index in [2.05, 4.69) is 25.2 Å². The molecule has 0 atom stereocenters. The third-order valence-corrected chi connectivity index (χ3v) is 4.92. The van der Waals surface area contributed by atoms with Gasteiger partial charge in [-0.25, -0.2) is 4.68 Å². The molecule has 1 aliphatic heterocycles. The second-order valence-electron chi connectivity index (χ2n) is 7.13. The summed E-state index contributed by atoms with van der Waals surface area (Å²) in [4.78, 5) is 17.4. The maximum atomic E-state index is 11.3. The summed E-state index contributed by atoms with van der Waals surface area (Å²) in [6.07, 6.45) is 3.28. The highest BCUT2D eigenvalue weighted by molar-refractivity contribution is 5.91. The van der Waals surface area contributed by atoms with Crippen molar-refractivity contribution in [2.75, 3.05) is 18.0 Å². The van der Waals surface area contributed by atoms with E-state index in [4.69, 9.17) is 10.5 Å². The van der Waals surface area contributed by atoms with Crippen molar-refractivity contribution in [2.45, 2.75) is 32.8 Å². The Bertz CT molecular complexity index is 1010. The van der Waals surface area contributed by atoms with Crippen molar-refractivity contribution < 1.29 is 9.53 Å². The zero-order valence-corrected chi connectivity index (χ0v) is 16.4. The van der Waals surface area contributed by atoms with Gasteiger partial charge in [-0.05, 0) is 38.1 Å². The highest BCUT2D eigenvalue weighted by atomic mass is 16.5. The molecule has 4 rings (SSSR count). The van der Waals surface area contributed by atoms with Crippen LogP contribution in [0.25, 0.3) is 5.82 Å². The van der Waals surface area contributed by atoms with Crippen molar-refractivity contribution in [1.29, 1.82) is 0 Å². The van der Waals surface area contributed by atoms with Gasteiger partial charge in [-0.1, -0.05) is 0 Å². The van der Waals surface area contributed by atoms with Crippen LogP contribution >= 0.6 is 0 Å². The van der Waals surface area contributed by atoms with Crippen LogP contribution in [0, 0.1) is 13.8 Å². The molecule has 9 heteroatoms. The molecule has 0 radical (unpaired) electrons. The number of aryl methyl sites for hydroxylation is 2. The van der Waals surface area contributed by atoms with Crippen LogP contribution in [0.2, 0.25) is 0 Å². The number of amides is 1. The minimum Gasteiger partial charge on any atom is -0.490 e. The van der Waals surface area contributed by atoms with Crippen LogP contribution < -0.4 is 15.4 Å². The van der Waals surface area contributed by atoms with Crippen LogP contribution in [0.3, 0.4) is 0 Å². The van der Waals surface area contributed by atoms with Gasteiger partial charge in [-0.2, -0.15) is 5.10 Å². The van der Waals surface area contributed by atoms with E-state index in [0.717, 1.165) is 43.1 Å². The van der Waals surface area contributed by atoms with Gasteiger partial charge in [0, 0.05) is 43.9 Å². The molecule has 150 valence electrons. The lowest BCUT2D eigenvalue weighted by Crippen LogP contribution is -2.38. The third-order valence-electron chi connectivity index (χ3n) is 4.92. The van der Waals surface area contributed by atoms with Gasteiger partial charge in [0.05, 0.1) is 5.69 Å². The van der Waals surface area contributed by atoms with Crippen molar-refractivity contribution in [1.82, 2.24) is 25.0 Å². The largest absolute Gasteiger partial charge is 0.490 e. The normalized spacial score (nSPS) is 14.8. The number of primary amides is 1. The van der Waals surface area contributed by atoms with E-state index in [-0.39, 0.29) is 11.8 Å². The maximum absolute atomic E-state index is 11.3. The number of ether oxygens (including phenoxy) is 1. The Labute approximate surface area is 168 Å². The minimum atomic E-state index is -0.562. The first-order valence-corrected chi connectivity index (χ1v) is 9.54. The zero-order chi connectivity index (χ0) is 20.4. The first kappa shape index (κ1) is 18.9. The van der Waals surface area contributed by atoms with Gasteiger partial charge in [0.2, 0.25) is 0 Å². The van der Waals surface area contributed by atoms with Gasteiger partial charge in [0.1, 0.15) is 17.5 Å². The fraction of sp³-hybridized carbons (Fsp3) is 0.350. The summed E-state index contributed by atoms with van der Waals surface area (Å²) in [6, 6.07) is 9.24. The summed E-state index contributed by atoms with van der Waals surface area (Å²) in [6.45, 7) is 5.58. The highest BCUT2D eigenvalue weighted by Crippen LogP contribution is 2.22. The molecule has 3 aromatic rings. The molecule has 0 aliphatic carbocycles. The first-order valence-electron chi connectivity index (χ1n) is 9.54. The molecule has 0 bridgehead atoms. The van der Waals surface area contributed by atoms with Crippen LogP contribution in [0.15, 0.2) is 36.5 Å². The summed E-state index contributed by atoms with van der Waals surface area (Å²) < 4.78 is 7.79. The molecule has 4 heterocycles. The number of nitrogens with zero attached hydrogens (tertiary/aromatic N) is 6. The Morgan fingerprint density at radius 3 is 2.45 bits per heavy atom. The summed E-state index contributed by atoms with van der Waals surface area (Å²) in [5.41, 5.74) is 7.46. The number of aromatic nitrogens is 5. The average Bonchev–Trinajstić information content (AvgIpc) is 3.07. The Kier molecular flexibility index (Phi) is 5.11.